The normalized spacial score (nSPS) is 11.3. The third kappa shape index (κ3) is 3.88. The second-order valence-corrected chi connectivity index (χ2v) is 4.68. The molecular formula is C15H22O2. The molecule has 0 radical (unpaired) electrons. The summed E-state index contributed by atoms with van der Waals surface area (Å²) in [6.45, 7) is 7.81. The van der Waals surface area contributed by atoms with E-state index in [0.29, 0.717) is 6.42 Å². The van der Waals surface area contributed by atoms with Gasteiger partial charge in [-0.3, -0.25) is 4.79 Å². The summed E-state index contributed by atoms with van der Waals surface area (Å²) in [5.41, 5.74) is 0.865. The van der Waals surface area contributed by atoms with Crippen molar-refractivity contribution < 1.29 is 9.53 Å². The van der Waals surface area contributed by atoms with E-state index in [9.17, 15) is 4.79 Å². The Kier molecular flexibility index (Phi) is 4.73. The molecule has 2 heteroatoms. The van der Waals surface area contributed by atoms with E-state index < -0.39 is 0 Å². The average Bonchev–Trinajstić information content (AvgIpc) is 2.30. The fourth-order valence-corrected chi connectivity index (χ4v) is 1.99. The van der Waals surface area contributed by atoms with Gasteiger partial charge in [0.05, 0.1) is 0 Å². The van der Waals surface area contributed by atoms with Crippen molar-refractivity contribution in [1.29, 1.82) is 0 Å². The Balaban J connectivity index is 2.85. The van der Waals surface area contributed by atoms with Crippen molar-refractivity contribution in [3.8, 4) is 5.75 Å². The minimum absolute atomic E-state index is 0.181. The van der Waals surface area contributed by atoms with Gasteiger partial charge in [-0.25, -0.2) is 0 Å². The van der Waals surface area contributed by atoms with Crippen LogP contribution in [0.5, 0.6) is 5.75 Å². The van der Waals surface area contributed by atoms with E-state index >= 15 is 0 Å². The van der Waals surface area contributed by atoms with Crippen molar-refractivity contribution in [1.82, 2.24) is 0 Å². The molecule has 0 saturated carbocycles. The monoisotopic (exact) mass is 234 g/mol. The van der Waals surface area contributed by atoms with Crippen LogP contribution in [0.3, 0.4) is 0 Å². The summed E-state index contributed by atoms with van der Waals surface area (Å²) in [6, 6.07) is 7.99. The molecule has 0 heterocycles. The Morgan fingerprint density at radius 3 is 2.12 bits per heavy atom. The van der Waals surface area contributed by atoms with Crippen LogP contribution in [0.25, 0.3) is 0 Å². The molecule has 0 fully saturated rings. The van der Waals surface area contributed by atoms with E-state index in [4.69, 9.17) is 4.74 Å². The SMILES string of the molecule is CCC(CC)(CC(C)=O)Oc1ccc(C)cc1. The van der Waals surface area contributed by atoms with Crippen LogP contribution >= 0.6 is 0 Å². The summed E-state index contributed by atoms with van der Waals surface area (Å²) in [5.74, 6) is 1.03. The summed E-state index contributed by atoms with van der Waals surface area (Å²) in [4.78, 5) is 11.3. The van der Waals surface area contributed by atoms with Crippen molar-refractivity contribution in [2.75, 3.05) is 0 Å². The van der Waals surface area contributed by atoms with Crippen LogP contribution in [0.2, 0.25) is 0 Å². The highest BCUT2D eigenvalue weighted by Crippen LogP contribution is 2.28. The van der Waals surface area contributed by atoms with Gasteiger partial charge in [-0.15, -0.1) is 0 Å². The second kappa shape index (κ2) is 5.85. The van der Waals surface area contributed by atoms with E-state index in [1.165, 1.54) is 5.56 Å². The average molecular weight is 234 g/mol. The largest absolute Gasteiger partial charge is 0.487 e. The minimum Gasteiger partial charge on any atom is -0.487 e. The number of carbonyl (C=O) groups excluding carboxylic acids is 1. The van der Waals surface area contributed by atoms with E-state index in [0.717, 1.165) is 18.6 Å². The Hall–Kier alpha value is -1.31. The van der Waals surface area contributed by atoms with Crippen LogP contribution in [-0.2, 0) is 4.79 Å². The van der Waals surface area contributed by atoms with Crippen molar-refractivity contribution in [3.63, 3.8) is 0 Å². The van der Waals surface area contributed by atoms with Crippen molar-refractivity contribution >= 4 is 5.78 Å². The van der Waals surface area contributed by atoms with E-state index in [-0.39, 0.29) is 11.4 Å². The molecule has 0 saturated heterocycles. The fourth-order valence-electron chi connectivity index (χ4n) is 1.99. The zero-order valence-corrected chi connectivity index (χ0v) is 11.2. The Morgan fingerprint density at radius 1 is 1.18 bits per heavy atom. The van der Waals surface area contributed by atoms with Crippen molar-refractivity contribution in [2.45, 2.75) is 52.6 Å². The van der Waals surface area contributed by atoms with Gasteiger partial charge in [0.25, 0.3) is 0 Å². The van der Waals surface area contributed by atoms with E-state index in [1.807, 2.05) is 31.2 Å². The number of hydrogen-bond acceptors (Lipinski definition) is 2. The third-order valence-corrected chi connectivity index (χ3v) is 3.22. The summed E-state index contributed by atoms with van der Waals surface area (Å²) in [5, 5.41) is 0. The quantitative estimate of drug-likeness (QED) is 0.746. The number of aryl methyl sites for hydroxylation is 1. The molecule has 0 aromatic heterocycles. The maximum absolute atomic E-state index is 11.3. The van der Waals surface area contributed by atoms with Crippen LogP contribution in [-0.4, -0.2) is 11.4 Å². The molecule has 1 aromatic carbocycles. The van der Waals surface area contributed by atoms with Gasteiger partial charge < -0.3 is 4.74 Å². The number of carbonyl (C=O) groups is 1. The van der Waals surface area contributed by atoms with Crippen LogP contribution in [0.1, 0.15) is 45.6 Å². The molecule has 17 heavy (non-hydrogen) atoms. The highest BCUT2D eigenvalue weighted by Gasteiger charge is 2.29. The number of benzene rings is 1. The first-order chi connectivity index (χ1) is 8.01. The smallest absolute Gasteiger partial charge is 0.133 e. The van der Waals surface area contributed by atoms with E-state index in [2.05, 4.69) is 13.8 Å². The first-order valence-electron chi connectivity index (χ1n) is 6.26. The molecule has 94 valence electrons. The number of ether oxygens (including phenoxy) is 1. The van der Waals surface area contributed by atoms with Gasteiger partial charge >= 0.3 is 0 Å². The molecule has 0 aliphatic heterocycles. The second-order valence-electron chi connectivity index (χ2n) is 4.68. The first kappa shape index (κ1) is 13.8. The highest BCUT2D eigenvalue weighted by molar-refractivity contribution is 5.76. The zero-order valence-electron chi connectivity index (χ0n) is 11.2. The Labute approximate surface area is 104 Å². The first-order valence-corrected chi connectivity index (χ1v) is 6.26. The molecule has 0 amide bonds. The summed E-state index contributed by atoms with van der Waals surface area (Å²) in [6.07, 6.45) is 2.17. The van der Waals surface area contributed by atoms with Gasteiger partial charge in [-0.1, -0.05) is 31.5 Å². The predicted octanol–water partition coefficient (Wildman–Crippen LogP) is 3.91. The molecule has 0 N–H and O–H groups in total. The molecule has 0 bridgehead atoms. The molecule has 0 spiro atoms. The minimum atomic E-state index is -0.346. The van der Waals surface area contributed by atoms with Crippen molar-refractivity contribution in [3.05, 3.63) is 29.8 Å². The maximum Gasteiger partial charge on any atom is 0.133 e. The summed E-state index contributed by atoms with van der Waals surface area (Å²) < 4.78 is 6.05. The summed E-state index contributed by atoms with van der Waals surface area (Å²) in [7, 11) is 0. The predicted molar refractivity (Wildman–Crippen MR) is 70.4 cm³/mol. The maximum atomic E-state index is 11.3. The van der Waals surface area contributed by atoms with Gasteiger partial charge in [0.1, 0.15) is 17.1 Å². The Morgan fingerprint density at radius 2 is 1.71 bits per heavy atom. The van der Waals surface area contributed by atoms with Crippen molar-refractivity contribution in [2.24, 2.45) is 0 Å². The lowest BCUT2D eigenvalue weighted by Crippen LogP contribution is -2.36. The molecule has 2 nitrogen and oxygen atoms in total. The standard InChI is InChI=1S/C15H22O2/c1-5-15(6-2,11-13(4)16)17-14-9-7-12(3)8-10-14/h7-10H,5-6,11H2,1-4H3. The molecule has 1 aromatic rings. The molecule has 0 aliphatic rings. The molecular weight excluding hydrogens is 212 g/mol. The van der Waals surface area contributed by atoms with Crippen LogP contribution in [0.15, 0.2) is 24.3 Å². The highest BCUT2D eigenvalue weighted by atomic mass is 16.5. The molecule has 0 atom stereocenters. The van der Waals surface area contributed by atoms with Gasteiger partial charge in [0, 0.05) is 6.42 Å². The van der Waals surface area contributed by atoms with Gasteiger partial charge in [-0.2, -0.15) is 0 Å². The number of hydrogen-bond donors (Lipinski definition) is 0. The molecule has 0 aliphatic carbocycles. The lowest BCUT2D eigenvalue weighted by Gasteiger charge is -2.32. The number of ketones is 1. The molecule has 1 rings (SSSR count). The summed E-state index contributed by atoms with van der Waals surface area (Å²) >= 11 is 0. The van der Waals surface area contributed by atoms with Crippen LogP contribution in [0, 0.1) is 6.92 Å². The Bertz CT molecular complexity index is 361. The lowest BCUT2D eigenvalue weighted by molar-refractivity contribution is -0.121. The third-order valence-electron chi connectivity index (χ3n) is 3.22. The fraction of sp³-hybridized carbons (Fsp3) is 0.533. The van der Waals surface area contributed by atoms with Gasteiger partial charge in [0.15, 0.2) is 0 Å². The van der Waals surface area contributed by atoms with Gasteiger partial charge in [-0.05, 0) is 38.8 Å². The van der Waals surface area contributed by atoms with E-state index in [1.54, 1.807) is 6.92 Å². The molecule has 0 unspecified atom stereocenters. The van der Waals surface area contributed by atoms with Crippen LogP contribution in [0.4, 0.5) is 0 Å². The zero-order chi connectivity index (χ0) is 12.9. The lowest BCUT2D eigenvalue weighted by atomic mass is 9.91. The van der Waals surface area contributed by atoms with Gasteiger partial charge in [0.2, 0.25) is 0 Å². The topological polar surface area (TPSA) is 26.3 Å². The number of rotatable bonds is 6. The van der Waals surface area contributed by atoms with Crippen LogP contribution < -0.4 is 4.74 Å². The number of Topliss-reactive ketones (excluding diaryl/α,β-unsaturated/α-hetero) is 1.